The highest BCUT2D eigenvalue weighted by atomic mass is 16.3. The molecule has 0 aromatic heterocycles. The Bertz CT molecular complexity index is 551. The van der Waals surface area contributed by atoms with Gasteiger partial charge >= 0.3 is 0 Å². The summed E-state index contributed by atoms with van der Waals surface area (Å²) in [4.78, 5) is 4.49. The molecule has 26 heavy (non-hydrogen) atoms. The summed E-state index contributed by atoms with van der Waals surface area (Å²) < 4.78 is 0. The van der Waals surface area contributed by atoms with Crippen LogP contribution in [0.15, 0.2) is 60.7 Å². The van der Waals surface area contributed by atoms with Gasteiger partial charge in [-0.25, -0.2) is 0 Å². The van der Waals surface area contributed by atoms with Gasteiger partial charge < -0.3 is 20.0 Å². The van der Waals surface area contributed by atoms with Crippen LogP contribution < -0.4 is 0 Å². The molecule has 0 fully saturated rings. The Morgan fingerprint density at radius 1 is 0.615 bits per heavy atom. The summed E-state index contributed by atoms with van der Waals surface area (Å²) in [7, 11) is 4.18. The highest BCUT2D eigenvalue weighted by molar-refractivity contribution is 5.17. The van der Waals surface area contributed by atoms with E-state index < -0.39 is 12.2 Å². The lowest BCUT2D eigenvalue weighted by Crippen LogP contribution is -2.32. The number of rotatable bonds is 11. The van der Waals surface area contributed by atoms with E-state index in [4.69, 9.17) is 0 Å². The molecule has 0 saturated carbocycles. The number of hydrogen-bond donors (Lipinski definition) is 2. The SMILES string of the molecule is CN(CCC(O)c1ccccc1)CCN(C)CCC(O)c1ccccc1. The lowest BCUT2D eigenvalue weighted by molar-refractivity contribution is 0.136. The molecule has 0 saturated heterocycles. The van der Waals surface area contributed by atoms with Crippen molar-refractivity contribution < 1.29 is 10.2 Å². The average Bonchev–Trinajstić information content (AvgIpc) is 2.69. The number of aliphatic hydroxyl groups excluding tert-OH is 2. The van der Waals surface area contributed by atoms with E-state index in [0.29, 0.717) is 0 Å². The number of hydrogen-bond acceptors (Lipinski definition) is 4. The van der Waals surface area contributed by atoms with Gasteiger partial charge in [-0.1, -0.05) is 60.7 Å². The van der Waals surface area contributed by atoms with Gasteiger partial charge in [0.05, 0.1) is 12.2 Å². The van der Waals surface area contributed by atoms with Crippen molar-refractivity contribution in [3.8, 4) is 0 Å². The first-order chi connectivity index (χ1) is 12.6. The summed E-state index contributed by atoms with van der Waals surface area (Å²) >= 11 is 0. The van der Waals surface area contributed by atoms with Crippen LogP contribution in [0.1, 0.15) is 36.2 Å². The second kappa shape index (κ2) is 11.1. The molecule has 0 aliphatic heterocycles. The highest BCUT2D eigenvalue weighted by Crippen LogP contribution is 2.17. The molecule has 2 aromatic carbocycles. The second-order valence-electron chi connectivity index (χ2n) is 7.04. The lowest BCUT2D eigenvalue weighted by Gasteiger charge is -2.24. The molecule has 2 atom stereocenters. The van der Waals surface area contributed by atoms with Crippen LogP contribution in [-0.2, 0) is 0 Å². The maximum Gasteiger partial charge on any atom is 0.0802 e. The normalized spacial score (nSPS) is 13.9. The van der Waals surface area contributed by atoms with Crippen molar-refractivity contribution in [2.24, 2.45) is 0 Å². The zero-order valence-electron chi connectivity index (χ0n) is 16.0. The van der Waals surface area contributed by atoms with E-state index in [9.17, 15) is 10.2 Å². The van der Waals surface area contributed by atoms with E-state index in [-0.39, 0.29) is 0 Å². The Hall–Kier alpha value is -1.72. The van der Waals surface area contributed by atoms with Crippen molar-refractivity contribution >= 4 is 0 Å². The van der Waals surface area contributed by atoms with Crippen LogP contribution in [-0.4, -0.2) is 60.3 Å². The van der Waals surface area contributed by atoms with Gasteiger partial charge in [0, 0.05) is 26.2 Å². The molecular weight excluding hydrogens is 324 g/mol. The van der Waals surface area contributed by atoms with Crippen LogP contribution in [0.5, 0.6) is 0 Å². The van der Waals surface area contributed by atoms with E-state index in [1.54, 1.807) is 0 Å². The van der Waals surface area contributed by atoms with Crippen LogP contribution in [0.25, 0.3) is 0 Å². The van der Waals surface area contributed by atoms with Gasteiger partial charge in [-0.05, 0) is 38.1 Å². The summed E-state index contributed by atoms with van der Waals surface area (Å²) in [5.41, 5.74) is 1.96. The monoisotopic (exact) mass is 356 g/mol. The number of aliphatic hydroxyl groups is 2. The van der Waals surface area contributed by atoms with Crippen LogP contribution in [0.2, 0.25) is 0 Å². The van der Waals surface area contributed by atoms with E-state index in [2.05, 4.69) is 23.9 Å². The molecule has 0 aliphatic carbocycles. The minimum absolute atomic E-state index is 0.405. The van der Waals surface area contributed by atoms with Crippen molar-refractivity contribution in [3.63, 3.8) is 0 Å². The zero-order valence-corrected chi connectivity index (χ0v) is 16.0. The Kier molecular flexibility index (Phi) is 8.78. The van der Waals surface area contributed by atoms with Gasteiger partial charge in [0.2, 0.25) is 0 Å². The molecule has 2 N–H and O–H groups in total. The molecule has 4 heteroatoms. The number of benzene rings is 2. The van der Waals surface area contributed by atoms with E-state index in [0.717, 1.165) is 50.1 Å². The molecule has 0 spiro atoms. The van der Waals surface area contributed by atoms with Crippen LogP contribution >= 0.6 is 0 Å². The van der Waals surface area contributed by atoms with E-state index in [1.165, 1.54) is 0 Å². The molecule has 4 nitrogen and oxygen atoms in total. The minimum Gasteiger partial charge on any atom is -0.388 e. The second-order valence-corrected chi connectivity index (χ2v) is 7.04. The number of likely N-dealkylation sites (N-methyl/N-ethyl adjacent to an activating group) is 2. The third-order valence-electron chi connectivity index (χ3n) is 4.80. The Morgan fingerprint density at radius 2 is 0.962 bits per heavy atom. The molecule has 142 valence electrons. The summed E-state index contributed by atoms with van der Waals surface area (Å²) in [6, 6.07) is 19.6. The predicted molar refractivity (Wildman–Crippen MR) is 107 cm³/mol. The molecule has 0 heterocycles. The number of nitrogens with zero attached hydrogens (tertiary/aromatic N) is 2. The molecular formula is C22H32N2O2. The van der Waals surface area contributed by atoms with Gasteiger partial charge in [-0.15, -0.1) is 0 Å². The largest absolute Gasteiger partial charge is 0.388 e. The fraction of sp³-hybridized carbons (Fsp3) is 0.455. The first-order valence-electron chi connectivity index (χ1n) is 9.39. The Labute approximate surface area is 157 Å². The van der Waals surface area contributed by atoms with Gasteiger partial charge in [-0.3, -0.25) is 0 Å². The molecule has 0 bridgehead atoms. The summed E-state index contributed by atoms with van der Waals surface area (Å²) in [5.74, 6) is 0. The lowest BCUT2D eigenvalue weighted by atomic mass is 10.1. The fourth-order valence-corrected chi connectivity index (χ4v) is 2.93. The molecule has 2 aromatic rings. The predicted octanol–water partition coefficient (Wildman–Crippen LogP) is 3.10. The fourth-order valence-electron chi connectivity index (χ4n) is 2.93. The van der Waals surface area contributed by atoms with E-state index >= 15 is 0 Å². The van der Waals surface area contributed by atoms with Gasteiger partial charge in [-0.2, -0.15) is 0 Å². The van der Waals surface area contributed by atoms with Crippen LogP contribution in [0.4, 0.5) is 0 Å². The summed E-state index contributed by atoms with van der Waals surface area (Å²) in [5, 5.41) is 20.5. The quantitative estimate of drug-likeness (QED) is 0.649. The maximum atomic E-state index is 10.2. The minimum atomic E-state index is -0.405. The maximum absolute atomic E-state index is 10.2. The summed E-state index contributed by atoms with van der Waals surface area (Å²) in [6.45, 7) is 3.60. The van der Waals surface area contributed by atoms with Crippen molar-refractivity contribution in [1.82, 2.24) is 9.80 Å². The van der Waals surface area contributed by atoms with Crippen molar-refractivity contribution in [3.05, 3.63) is 71.8 Å². The molecule has 0 aliphatic rings. The first-order valence-corrected chi connectivity index (χ1v) is 9.39. The standard InChI is InChI=1S/C22H32N2O2/c1-23(15-13-21(25)19-9-5-3-6-10-19)17-18-24(2)16-14-22(26)20-11-7-4-8-12-20/h3-12,21-22,25-26H,13-18H2,1-2H3. The van der Waals surface area contributed by atoms with Crippen molar-refractivity contribution in [1.29, 1.82) is 0 Å². The molecule has 2 rings (SSSR count). The van der Waals surface area contributed by atoms with Crippen molar-refractivity contribution in [2.75, 3.05) is 40.3 Å². The topological polar surface area (TPSA) is 46.9 Å². The molecule has 0 amide bonds. The first kappa shape index (κ1) is 20.6. The highest BCUT2D eigenvalue weighted by Gasteiger charge is 2.11. The summed E-state index contributed by atoms with van der Waals surface area (Å²) in [6.07, 6.45) is 0.656. The van der Waals surface area contributed by atoms with Crippen molar-refractivity contribution in [2.45, 2.75) is 25.0 Å². The van der Waals surface area contributed by atoms with E-state index in [1.807, 2.05) is 60.7 Å². The molecule has 0 radical (unpaired) electrons. The van der Waals surface area contributed by atoms with Gasteiger partial charge in [0.25, 0.3) is 0 Å². The smallest absolute Gasteiger partial charge is 0.0802 e. The van der Waals surface area contributed by atoms with Gasteiger partial charge in [0.15, 0.2) is 0 Å². The third kappa shape index (κ3) is 7.26. The molecule has 2 unspecified atom stereocenters. The van der Waals surface area contributed by atoms with Gasteiger partial charge in [0.1, 0.15) is 0 Å². The Balaban J connectivity index is 1.61. The zero-order chi connectivity index (χ0) is 18.8. The average molecular weight is 357 g/mol. The Morgan fingerprint density at radius 3 is 1.31 bits per heavy atom. The third-order valence-corrected chi connectivity index (χ3v) is 4.80. The van der Waals surface area contributed by atoms with Crippen LogP contribution in [0.3, 0.4) is 0 Å². The van der Waals surface area contributed by atoms with Crippen LogP contribution in [0, 0.1) is 0 Å².